The fourth-order valence-corrected chi connectivity index (χ4v) is 6.17. The SMILES string of the molecule is CC(C)[C@H](NC(=O)[C@@H]1CCCN1C(=O)[C@H](Cc1c[nH]c2ccccc12)NC(=O)[C@H](CCCCN)NC(=O)[C@@H](N)[C@@H](C)O)C(=O)N[C@@H](CC(=O)O)C(=O)O. The normalized spacial score (nSPS) is 17.6. The van der Waals surface area contributed by atoms with E-state index in [0.29, 0.717) is 31.4 Å². The fraction of sp³-hybridized carbons (Fsp3) is 0.571. The van der Waals surface area contributed by atoms with Crippen LogP contribution in [0.15, 0.2) is 30.5 Å². The van der Waals surface area contributed by atoms with Crippen molar-refractivity contribution in [3.05, 3.63) is 36.0 Å². The number of aromatic nitrogens is 1. The summed E-state index contributed by atoms with van der Waals surface area (Å²) in [4.78, 5) is 95.1. The van der Waals surface area contributed by atoms with Crippen LogP contribution >= 0.6 is 0 Å². The number of aliphatic hydroxyl groups is 1. The Morgan fingerprint density at radius 2 is 1.57 bits per heavy atom. The zero-order chi connectivity index (χ0) is 39.4. The molecule has 1 aromatic heterocycles. The number of carboxylic acids is 2. The number of aliphatic carboxylic acids is 2. The number of nitrogens with one attached hydrogen (secondary N) is 5. The Morgan fingerprint density at radius 1 is 0.906 bits per heavy atom. The Labute approximate surface area is 306 Å². The molecule has 0 aliphatic carbocycles. The van der Waals surface area contributed by atoms with Crippen molar-refractivity contribution in [2.24, 2.45) is 17.4 Å². The van der Waals surface area contributed by atoms with Crippen molar-refractivity contribution in [3.63, 3.8) is 0 Å². The van der Waals surface area contributed by atoms with Crippen LogP contribution in [-0.4, -0.2) is 122 Å². The Morgan fingerprint density at radius 3 is 2.19 bits per heavy atom. The summed E-state index contributed by atoms with van der Waals surface area (Å²) in [6, 6.07) is -0.336. The maximum Gasteiger partial charge on any atom is 0.326 e. The van der Waals surface area contributed by atoms with Crippen LogP contribution in [0, 0.1) is 5.92 Å². The molecule has 12 N–H and O–H groups in total. The average Bonchev–Trinajstić information content (AvgIpc) is 3.76. The van der Waals surface area contributed by atoms with Crippen molar-refractivity contribution in [3.8, 4) is 0 Å². The van der Waals surface area contributed by atoms with Crippen molar-refractivity contribution in [2.75, 3.05) is 13.1 Å². The number of carbonyl (C=O) groups excluding carboxylic acids is 5. The van der Waals surface area contributed by atoms with E-state index in [2.05, 4.69) is 26.3 Å². The van der Waals surface area contributed by atoms with Crippen LogP contribution < -0.4 is 32.7 Å². The van der Waals surface area contributed by atoms with Crippen molar-refractivity contribution in [2.45, 2.75) is 108 Å². The molecule has 292 valence electrons. The molecule has 1 fully saturated rings. The second kappa shape index (κ2) is 19.7. The summed E-state index contributed by atoms with van der Waals surface area (Å²) in [6.45, 7) is 5.05. The molecule has 0 unspecified atom stereocenters. The number of H-pyrrole nitrogens is 1. The lowest BCUT2D eigenvalue weighted by molar-refractivity contribution is -0.147. The zero-order valence-electron chi connectivity index (χ0n) is 30.2. The van der Waals surface area contributed by atoms with Gasteiger partial charge in [0.1, 0.15) is 36.3 Å². The first-order valence-electron chi connectivity index (χ1n) is 17.7. The molecule has 5 amide bonds. The van der Waals surface area contributed by atoms with Crippen LogP contribution in [0.1, 0.15) is 64.9 Å². The van der Waals surface area contributed by atoms with Gasteiger partial charge in [0.15, 0.2) is 0 Å². The topological polar surface area (TPSA) is 299 Å². The monoisotopic (exact) mass is 744 g/mol. The number of nitrogens with two attached hydrogens (primary N) is 2. The number of benzene rings is 1. The molecule has 1 aliphatic rings. The molecule has 2 heterocycles. The van der Waals surface area contributed by atoms with E-state index < -0.39 is 96.2 Å². The number of para-hydroxylation sites is 1. The van der Waals surface area contributed by atoms with E-state index in [1.54, 1.807) is 20.0 Å². The lowest BCUT2D eigenvalue weighted by Gasteiger charge is -2.31. The fourth-order valence-electron chi connectivity index (χ4n) is 6.17. The molecule has 53 heavy (non-hydrogen) atoms. The molecular formula is C35H52N8O10. The van der Waals surface area contributed by atoms with Gasteiger partial charge in [-0.15, -0.1) is 0 Å². The van der Waals surface area contributed by atoms with Crippen LogP contribution in [0.4, 0.5) is 0 Å². The number of nitrogens with zero attached hydrogens (tertiary/aromatic N) is 1. The third-order valence-corrected chi connectivity index (χ3v) is 9.19. The molecule has 2 aromatic rings. The predicted molar refractivity (Wildman–Crippen MR) is 192 cm³/mol. The van der Waals surface area contributed by atoms with Gasteiger partial charge in [-0.05, 0) is 63.1 Å². The summed E-state index contributed by atoms with van der Waals surface area (Å²) in [5, 5.41) is 39.3. The smallest absolute Gasteiger partial charge is 0.326 e. The number of aliphatic hydroxyl groups excluding tert-OH is 1. The highest BCUT2D eigenvalue weighted by molar-refractivity contribution is 5.97. The Kier molecular flexibility index (Phi) is 15.7. The van der Waals surface area contributed by atoms with Gasteiger partial charge < -0.3 is 57.9 Å². The van der Waals surface area contributed by atoms with Crippen LogP contribution in [0.3, 0.4) is 0 Å². The van der Waals surface area contributed by atoms with Gasteiger partial charge in [0, 0.05) is 30.1 Å². The van der Waals surface area contributed by atoms with Crippen molar-refractivity contribution in [1.29, 1.82) is 0 Å². The number of amides is 5. The Hall–Kier alpha value is -5.07. The molecule has 0 bridgehead atoms. The van der Waals surface area contributed by atoms with Crippen LogP contribution in [0.5, 0.6) is 0 Å². The summed E-state index contributed by atoms with van der Waals surface area (Å²) in [6.07, 6.45) is 1.48. The first-order valence-corrected chi connectivity index (χ1v) is 17.7. The van der Waals surface area contributed by atoms with Gasteiger partial charge in [-0.25, -0.2) is 4.79 Å². The third kappa shape index (κ3) is 11.7. The molecule has 0 spiro atoms. The quantitative estimate of drug-likeness (QED) is 0.0708. The van der Waals surface area contributed by atoms with Crippen molar-refractivity contribution >= 4 is 52.4 Å². The number of rotatable bonds is 20. The molecule has 18 heteroatoms. The van der Waals surface area contributed by atoms with Crippen LogP contribution in [0.2, 0.25) is 0 Å². The number of hydrogen-bond acceptors (Lipinski definition) is 10. The lowest BCUT2D eigenvalue weighted by Crippen LogP contribution is -2.60. The average molecular weight is 745 g/mol. The van der Waals surface area contributed by atoms with E-state index in [4.69, 9.17) is 16.6 Å². The summed E-state index contributed by atoms with van der Waals surface area (Å²) in [5.41, 5.74) is 13.0. The number of carboxylic acid groups (broad SMARTS) is 2. The highest BCUT2D eigenvalue weighted by atomic mass is 16.4. The molecule has 18 nitrogen and oxygen atoms in total. The highest BCUT2D eigenvalue weighted by Crippen LogP contribution is 2.23. The van der Waals surface area contributed by atoms with Gasteiger partial charge in [0.25, 0.3) is 0 Å². The van der Waals surface area contributed by atoms with Gasteiger partial charge in [-0.2, -0.15) is 0 Å². The van der Waals surface area contributed by atoms with Gasteiger partial charge >= 0.3 is 11.9 Å². The summed E-state index contributed by atoms with van der Waals surface area (Å²) in [7, 11) is 0. The van der Waals surface area contributed by atoms with Gasteiger partial charge in [-0.1, -0.05) is 32.0 Å². The van der Waals surface area contributed by atoms with E-state index in [1.807, 2.05) is 24.3 Å². The second-order valence-corrected chi connectivity index (χ2v) is 13.7. The second-order valence-electron chi connectivity index (χ2n) is 13.7. The lowest BCUT2D eigenvalue weighted by atomic mass is 10.0. The van der Waals surface area contributed by atoms with E-state index in [-0.39, 0.29) is 25.8 Å². The number of aromatic amines is 1. The molecule has 1 saturated heterocycles. The standard InChI is InChI=1S/C35H52N8O10/c1-18(2)29(33(50)41-25(35(52)53)16-27(45)46)42-31(48)26-12-8-14-43(26)34(51)24(15-20-17-38-22-10-5-4-9-21(20)22)40-30(47)23(11-6-7-13-36)39-32(49)28(37)19(3)44/h4-5,9-10,17-19,23-26,28-29,38,44H,6-8,11-16,36-37H2,1-3H3,(H,39,49)(H,40,47)(H,41,50)(H,42,48)(H,45,46)(H,52,53)/t19-,23+,24+,25+,26+,28+,29+/m1/s1. The van der Waals surface area contributed by atoms with Crippen LogP contribution in [-0.2, 0) is 40.0 Å². The highest BCUT2D eigenvalue weighted by Gasteiger charge is 2.40. The Balaban J connectivity index is 1.89. The molecular weight excluding hydrogens is 692 g/mol. The largest absolute Gasteiger partial charge is 0.481 e. The minimum atomic E-state index is -1.73. The number of hydrogen-bond donors (Lipinski definition) is 10. The van der Waals surface area contributed by atoms with Gasteiger partial charge in [-0.3, -0.25) is 28.8 Å². The zero-order valence-corrected chi connectivity index (χ0v) is 30.2. The minimum absolute atomic E-state index is 0.00720. The van der Waals surface area contributed by atoms with Crippen molar-refractivity contribution in [1.82, 2.24) is 31.2 Å². The molecule has 0 saturated carbocycles. The van der Waals surface area contributed by atoms with Crippen LogP contribution in [0.25, 0.3) is 10.9 Å². The number of unbranched alkanes of at least 4 members (excludes halogenated alkanes) is 1. The Bertz CT molecular complexity index is 1630. The molecule has 1 aliphatic heterocycles. The van der Waals surface area contributed by atoms with E-state index >= 15 is 0 Å². The van der Waals surface area contributed by atoms with Crippen molar-refractivity contribution < 1.29 is 48.9 Å². The maximum absolute atomic E-state index is 14.4. The number of likely N-dealkylation sites (tertiary alicyclic amines) is 1. The minimum Gasteiger partial charge on any atom is -0.481 e. The van der Waals surface area contributed by atoms with E-state index in [0.717, 1.165) is 10.9 Å². The predicted octanol–water partition coefficient (Wildman–Crippen LogP) is -1.31. The maximum atomic E-state index is 14.4. The number of fused-ring (bicyclic) bond motifs is 1. The molecule has 1 aromatic carbocycles. The van der Waals surface area contributed by atoms with E-state index in [9.17, 15) is 43.8 Å². The summed E-state index contributed by atoms with van der Waals surface area (Å²) in [5.74, 6) is -7.17. The first kappa shape index (κ1) is 42.3. The third-order valence-electron chi connectivity index (χ3n) is 9.19. The van der Waals surface area contributed by atoms with E-state index in [1.165, 1.54) is 11.8 Å². The molecule has 7 atom stereocenters. The molecule has 3 rings (SSSR count). The van der Waals surface area contributed by atoms with Gasteiger partial charge in [0.05, 0.1) is 12.5 Å². The van der Waals surface area contributed by atoms with Gasteiger partial charge in [0.2, 0.25) is 29.5 Å². The summed E-state index contributed by atoms with van der Waals surface area (Å²) >= 11 is 0. The summed E-state index contributed by atoms with van der Waals surface area (Å²) < 4.78 is 0. The molecule has 0 radical (unpaired) electrons. The first-order chi connectivity index (χ1) is 25.0. The number of carbonyl (C=O) groups is 7.